The number of aromatic nitrogens is 5. The van der Waals surface area contributed by atoms with E-state index in [9.17, 15) is 18.0 Å². The molecule has 2 N–H and O–H groups in total. The zero-order valence-electron chi connectivity index (χ0n) is 12.8. The van der Waals surface area contributed by atoms with Gasteiger partial charge < -0.3 is 4.74 Å². The predicted molar refractivity (Wildman–Crippen MR) is 79.0 cm³/mol. The maximum Gasteiger partial charge on any atom is 0.417 e. The summed E-state index contributed by atoms with van der Waals surface area (Å²) in [4.78, 5) is 14.6. The Morgan fingerprint density at radius 2 is 2.08 bits per heavy atom. The quantitative estimate of drug-likeness (QED) is 0.689. The van der Waals surface area contributed by atoms with Crippen LogP contribution in [0.4, 0.5) is 13.2 Å². The first-order chi connectivity index (χ1) is 11.9. The van der Waals surface area contributed by atoms with Crippen LogP contribution in [0.25, 0.3) is 0 Å². The third-order valence-corrected chi connectivity index (χ3v) is 3.47. The first-order valence-electron chi connectivity index (χ1n) is 7.09. The van der Waals surface area contributed by atoms with Crippen molar-refractivity contribution in [1.82, 2.24) is 25.4 Å². The lowest BCUT2D eigenvalue weighted by molar-refractivity contribution is -0.137. The number of rotatable bonds is 5. The molecule has 0 amide bonds. The number of pyridine rings is 1. The Kier molecular flexibility index (Phi) is 4.26. The molecule has 3 aromatic heterocycles. The van der Waals surface area contributed by atoms with Crippen molar-refractivity contribution in [2.75, 3.05) is 0 Å². The van der Waals surface area contributed by atoms with Gasteiger partial charge in [-0.05, 0) is 19.1 Å². The SMILES string of the molecule is Cc1n[nH]cc1C(Oc1cc(C=O)[nH]n1)c1ccc(C(F)(F)F)cn1. The average molecular weight is 351 g/mol. The molecule has 0 bridgehead atoms. The third-order valence-electron chi connectivity index (χ3n) is 3.47. The van der Waals surface area contributed by atoms with E-state index in [0.29, 0.717) is 17.5 Å². The summed E-state index contributed by atoms with van der Waals surface area (Å²) in [6.07, 6.45) is -2.46. The maximum absolute atomic E-state index is 12.7. The molecular formula is C15H12F3N5O2. The first kappa shape index (κ1) is 16.7. The number of nitrogens with zero attached hydrogens (tertiary/aromatic N) is 3. The number of hydrogen-bond acceptors (Lipinski definition) is 5. The molecule has 1 unspecified atom stereocenters. The van der Waals surface area contributed by atoms with E-state index in [2.05, 4.69) is 25.4 Å². The van der Waals surface area contributed by atoms with Crippen LogP contribution in [0.15, 0.2) is 30.6 Å². The highest BCUT2D eigenvalue weighted by atomic mass is 19.4. The molecule has 3 aromatic rings. The molecule has 25 heavy (non-hydrogen) atoms. The lowest BCUT2D eigenvalue weighted by Crippen LogP contribution is -2.13. The van der Waals surface area contributed by atoms with Gasteiger partial charge in [0.25, 0.3) is 0 Å². The van der Waals surface area contributed by atoms with E-state index in [0.717, 1.165) is 12.3 Å². The molecule has 0 aliphatic heterocycles. The highest BCUT2D eigenvalue weighted by Gasteiger charge is 2.31. The van der Waals surface area contributed by atoms with Gasteiger partial charge in [-0.1, -0.05) is 0 Å². The summed E-state index contributed by atoms with van der Waals surface area (Å²) in [5.41, 5.74) is 0.772. The normalized spacial score (nSPS) is 12.8. The van der Waals surface area contributed by atoms with Crippen LogP contribution in [0.2, 0.25) is 0 Å². The second-order valence-corrected chi connectivity index (χ2v) is 5.17. The number of hydrogen-bond donors (Lipinski definition) is 2. The lowest BCUT2D eigenvalue weighted by Gasteiger charge is -2.17. The number of aryl methyl sites for hydroxylation is 1. The van der Waals surface area contributed by atoms with Crippen LogP contribution >= 0.6 is 0 Å². The van der Waals surface area contributed by atoms with E-state index >= 15 is 0 Å². The molecule has 10 heteroatoms. The average Bonchev–Trinajstić information content (AvgIpc) is 3.20. The number of aldehydes is 1. The summed E-state index contributed by atoms with van der Waals surface area (Å²) < 4.78 is 43.9. The fourth-order valence-corrected chi connectivity index (χ4v) is 2.20. The van der Waals surface area contributed by atoms with Gasteiger partial charge in [0.05, 0.1) is 17.0 Å². The number of nitrogens with one attached hydrogen (secondary N) is 2. The number of carbonyl (C=O) groups excluding carboxylic acids is 1. The zero-order chi connectivity index (χ0) is 18.0. The summed E-state index contributed by atoms with van der Waals surface area (Å²) >= 11 is 0. The molecule has 0 saturated heterocycles. The van der Waals surface area contributed by atoms with Gasteiger partial charge in [-0.25, -0.2) is 0 Å². The predicted octanol–water partition coefficient (Wildman–Crippen LogP) is 2.84. The van der Waals surface area contributed by atoms with Crippen LogP contribution in [-0.2, 0) is 6.18 Å². The topological polar surface area (TPSA) is 96.5 Å². The smallest absolute Gasteiger partial charge is 0.417 e. The maximum atomic E-state index is 12.7. The summed E-state index contributed by atoms with van der Waals surface area (Å²) in [6, 6.07) is 3.53. The minimum absolute atomic E-state index is 0.106. The van der Waals surface area contributed by atoms with Crippen molar-refractivity contribution >= 4 is 6.29 Å². The van der Waals surface area contributed by atoms with Crippen molar-refractivity contribution in [1.29, 1.82) is 0 Å². The Labute approximate surface area is 139 Å². The molecule has 0 spiro atoms. The van der Waals surface area contributed by atoms with Gasteiger partial charge in [-0.2, -0.15) is 18.3 Å². The van der Waals surface area contributed by atoms with Gasteiger partial charge in [0.2, 0.25) is 5.88 Å². The second kappa shape index (κ2) is 6.38. The summed E-state index contributed by atoms with van der Waals surface area (Å²) in [5, 5.41) is 12.9. The minimum atomic E-state index is -4.48. The van der Waals surface area contributed by atoms with Gasteiger partial charge >= 0.3 is 6.18 Å². The van der Waals surface area contributed by atoms with Crippen LogP contribution in [-0.4, -0.2) is 31.7 Å². The van der Waals surface area contributed by atoms with Crippen LogP contribution in [0.3, 0.4) is 0 Å². The van der Waals surface area contributed by atoms with E-state index in [1.165, 1.54) is 12.1 Å². The Morgan fingerprint density at radius 1 is 1.28 bits per heavy atom. The second-order valence-electron chi connectivity index (χ2n) is 5.17. The fraction of sp³-hybridized carbons (Fsp3) is 0.200. The molecule has 130 valence electrons. The molecule has 0 radical (unpaired) electrons. The van der Waals surface area contributed by atoms with E-state index in [-0.39, 0.29) is 17.3 Å². The van der Waals surface area contributed by atoms with E-state index in [1.807, 2.05) is 0 Å². The largest absolute Gasteiger partial charge is 0.462 e. The Hall–Kier alpha value is -3.17. The molecule has 0 aliphatic rings. The minimum Gasteiger partial charge on any atom is -0.462 e. The molecule has 0 aliphatic carbocycles. The Balaban J connectivity index is 1.96. The van der Waals surface area contributed by atoms with E-state index in [1.54, 1.807) is 13.1 Å². The number of ether oxygens (including phenoxy) is 1. The van der Waals surface area contributed by atoms with Crippen LogP contribution in [0.5, 0.6) is 5.88 Å². The van der Waals surface area contributed by atoms with E-state index in [4.69, 9.17) is 4.74 Å². The molecule has 0 fully saturated rings. The molecular weight excluding hydrogens is 339 g/mol. The number of carbonyl (C=O) groups is 1. The van der Waals surface area contributed by atoms with Crippen molar-refractivity contribution in [2.45, 2.75) is 19.2 Å². The molecule has 3 heterocycles. The van der Waals surface area contributed by atoms with Crippen LogP contribution in [0.1, 0.15) is 39.1 Å². The number of aromatic amines is 2. The van der Waals surface area contributed by atoms with Crippen molar-refractivity contribution in [2.24, 2.45) is 0 Å². The highest BCUT2D eigenvalue weighted by Crippen LogP contribution is 2.31. The fourth-order valence-electron chi connectivity index (χ4n) is 2.20. The Morgan fingerprint density at radius 3 is 2.60 bits per heavy atom. The lowest BCUT2D eigenvalue weighted by atomic mass is 10.1. The molecule has 7 nitrogen and oxygen atoms in total. The van der Waals surface area contributed by atoms with Crippen molar-refractivity contribution in [3.8, 4) is 5.88 Å². The third kappa shape index (κ3) is 3.52. The van der Waals surface area contributed by atoms with Gasteiger partial charge in [0, 0.05) is 24.0 Å². The van der Waals surface area contributed by atoms with Crippen molar-refractivity contribution in [3.63, 3.8) is 0 Å². The highest BCUT2D eigenvalue weighted by molar-refractivity contribution is 5.72. The van der Waals surface area contributed by atoms with Crippen molar-refractivity contribution in [3.05, 3.63) is 58.8 Å². The van der Waals surface area contributed by atoms with Gasteiger partial charge in [-0.15, -0.1) is 5.10 Å². The molecule has 0 aromatic carbocycles. The molecule has 0 saturated carbocycles. The van der Waals surface area contributed by atoms with Gasteiger partial charge in [0.15, 0.2) is 12.4 Å². The van der Waals surface area contributed by atoms with Crippen LogP contribution in [0, 0.1) is 6.92 Å². The summed E-state index contributed by atoms with van der Waals surface area (Å²) in [7, 11) is 0. The number of alkyl halides is 3. The summed E-state index contributed by atoms with van der Waals surface area (Å²) in [6.45, 7) is 1.72. The monoisotopic (exact) mass is 351 g/mol. The standard InChI is InChI=1S/C15H12F3N5O2/c1-8-11(6-20-21-8)14(25-13-4-10(7-24)22-23-13)12-3-2-9(5-19-12)15(16,17)18/h2-7,14H,1H3,(H,20,21)(H,22,23). The number of halogens is 3. The van der Waals surface area contributed by atoms with Crippen molar-refractivity contribution < 1.29 is 22.7 Å². The Bertz CT molecular complexity index is 870. The summed E-state index contributed by atoms with van der Waals surface area (Å²) in [5.74, 6) is 0.106. The first-order valence-corrected chi connectivity index (χ1v) is 7.09. The zero-order valence-corrected chi connectivity index (χ0v) is 12.8. The van der Waals surface area contributed by atoms with Gasteiger partial charge in [0.1, 0.15) is 5.69 Å². The number of H-pyrrole nitrogens is 2. The van der Waals surface area contributed by atoms with Crippen LogP contribution < -0.4 is 4.74 Å². The molecule has 3 rings (SSSR count). The van der Waals surface area contributed by atoms with E-state index < -0.39 is 17.8 Å². The molecule has 1 atom stereocenters. The van der Waals surface area contributed by atoms with Gasteiger partial charge in [-0.3, -0.25) is 20.0 Å².